The van der Waals surface area contributed by atoms with Gasteiger partial charge in [-0.05, 0) is 13.3 Å². The zero-order valence-corrected chi connectivity index (χ0v) is 12.0. The van der Waals surface area contributed by atoms with Gasteiger partial charge in [0.1, 0.15) is 0 Å². The Morgan fingerprint density at radius 2 is 2.10 bits per heavy atom. The number of rotatable bonds is 8. The number of carbonyl (C=O) groups excluding carboxylic acids is 1. The molecule has 1 aromatic rings. The molecule has 0 aliphatic carbocycles. The number of ether oxygens (including phenoxy) is 1. The van der Waals surface area contributed by atoms with E-state index in [9.17, 15) is 9.18 Å². The first-order chi connectivity index (χ1) is 9.49. The SMILES string of the molecule is CCCCN(CC(N)=O)c1cc(OCC)c(F)cc1N. The summed E-state index contributed by atoms with van der Waals surface area (Å²) in [5.41, 5.74) is 11.9. The smallest absolute Gasteiger partial charge is 0.236 e. The minimum absolute atomic E-state index is 0.0431. The molecule has 112 valence electrons. The van der Waals surface area contributed by atoms with Crippen molar-refractivity contribution in [3.8, 4) is 5.75 Å². The van der Waals surface area contributed by atoms with Gasteiger partial charge in [0.2, 0.25) is 5.91 Å². The summed E-state index contributed by atoms with van der Waals surface area (Å²) in [4.78, 5) is 12.9. The van der Waals surface area contributed by atoms with E-state index in [-0.39, 0.29) is 18.0 Å². The summed E-state index contributed by atoms with van der Waals surface area (Å²) in [5.74, 6) is -0.840. The van der Waals surface area contributed by atoms with Crippen LogP contribution < -0.4 is 21.1 Å². The van der Waals surface area contributed by atoms with Crippen molar-refractivity contribution in [3.05, 3.63) is 17.9 Å². The van der Waals surface area contributed by atoms with E-state index >= 15 is 0 Å². The zero-order chi connectivity index (χ0) is 15.1. The van der Waals surface area contributed by atoms with Gasteiger partial charge in [-0.25, -0.2) is 4.39 Å². The number of anilines is 2. The lowest BCUT2D eigenvalue weighted by Gasteiger charge is -2.25. The Morgan fingerprint density at radius 1 is 1.40 bits per heavy atom. The number of carbonyl (C=O) groups is 1. The van der Waals surface area contributed by atoms with Crippen LogP contribution in [0.2, 0.25) is 0 Å². The molecule has 1 amide bonds. The van der Waals surface area contributed by atoms with E-state index in [4.69, 9.17) is 16.2 Å². The van der Waals surface area contributed by atoms with E-state index in [1.54, 1.807) is 11.8 Å². The summed E-state index contributed by atoms with van der Waals surface area (Å²) in [6.07, 6.45) is 1.85. The molecule has 0 fully saturated rings. The lowest BCUT2D eigenvalue weighted by molar-refractivity contribution is -0.116. The van der Waals surface area contributed by atoms with Crippen molar-refractivity contribution in [2.75, 3.05) is 30.3 Å². The fraction of sp³-hybridized carbons (Fsp3) is 0.500. The van der Waals surface area contributed by atoms with Crippen molar-refractivity contribution < 1.29 is 13.9 Å². The molecular formula is C14H22FN3O2. The summed E-state index contributed by atoms with van der Waals surface area (Å²) in [6.45, 7) is 4.84. The van der Waals surface area contributed by atoms with Gasteiger partial charge in [0, 0.05) is 18.7 Å². The number of nitrogen functional groups attached to an aromatic ring is 1. The first kappa shape index (κ1) is 16.1. The van der Waals surface area contributed by atoms with Gasteiger partial charge in [0.25, 0.3) is 0 Å². The number of nitrogens with zero attached hydrogens (tertiary/aromatic N) is 1. The van der Waals surface area contributed by atoms with E-state index in [1.807, 2.05) is 6.92 Å². The van der Waals surface area contributed by atoms with Crippen LogP contribution in [-0.2, 0) is 4.79 Å². The Balaban J connectivity index is 3.09. The minimum atomic E-state index is -0.511. The molecule has 20 heavy (non-hydrogen) atoms. The van der Waals surface area contributed by atoms with Gasteiger partial charge in [0.05, 0.1) is 24.5 Å². The van der Waals surface area contributed by atoms with Crippen molar-refractivity contribution in [3.63, 3.8) is 0 Å². The molecule has 0 heterocycles. The Labute approximate surface area is 118 Å². The van der Waals surface area contributed by atoms with E-state index in [2.05, 4.69) is 0 Å². The molecule has 1 aromatic carbocycles. The molecule has 0 saturated carbocycles. The molecule has 0 unspecified atom stereocenters. The second-order valence-corrected chi connectivity index (χ2v) is 4.52. The quantitative estimate of drug-likeness (QED) is 0.714. The van der Waals surface area contributed by atoms with Crippen molar-refractivity contribution in [1.82, 2.24) is 0 Å². The number of hydrogen-bond acceptors (Lipinski definition) is 4. The van der Waals surface area contributed by atoms with Crippen LogP contribution in [0.3, 0.4) is 0 Å². The molecular weight excluding hydrogens is 261 g/mol. The summed E-state index contributed by atoms with van der Waals surface area (Å²) in [6, 6.07) is 2.73. The van der Waals surface area contributed by atoms with Crippen LogP contribution in [0, 0.1) is 5.82 Å². The summed E-state index contributed by atoms with van der Waals surface area (Å²) in [7, 11) is 0. The predicted molar refractivity (Wildman–Crippen MR) is 78.3 cm³/mol. The highest BCUT2D eigenvalue weighted by molar-refractivity contribution is 5.82. The third-order valence-corrected chi connectivity index (χ3v) is 2.85. The Bertz CT molecular complexity index is 466. The van der Waals surface area contributed by atoms with Crippen LogP contribution in [0.15, 0.2) is 12.1 Å². The number of nitrogens with two attached hydrogens (primary N) is 2. The van der Waals surface area contributed by atoms with Crippen LogP contribution >= 0.6 is 0 Å². The van der Waals surface area contributed by atoms with Gasteiger partial charge in [-0.3, -0.25) is 4.79 Å². The van der Waals surface area contributed by atoms with Gasteiger partial charge in [-0.2, -0.15) is 0 Å². The van der Waals surface area contributed by atoms with Crippen LogP contribution in [0.25, 0.3) is 0 Å². The minimum Gasteiger partial charge on any atom is -0.491 e. The number of hydrogen-bond donors (Lipinski definition) is 2. The first-order valence-electron chi connectivity index (χ1n) is 6.74. The van der Waals surface area contributed by atoms with Gasteiger partial charge in [0.15, 0.2) is 11.6 Å². The number of benzene rings is 1. The average molecular weight is 283 g/mol. The molecule has 0 spiro atoms. The number of unbranched alkanes of at least 4 members (excludes halogenated alkanes) is 1. The Hall–Kier alpha value is -1.98. The molecule has 1 rings (SSSR count). The van der Waals surface area contributed by atoms with Crippen LogP contribution in [0.5, 0.6) is 5.75 Å². The zero-order valence-electron chi connectivity index (χ0n) is 12.0. The second kappa shape index (κ2) is 7.57. The largest absolute Gasteiger partial charge is 0.491 e. The molecule has 6 heteroatoms. The highest BCUT2D eigenvalue weighted by Gasteiger charge is 2.16. The monoisotopic (exact) mass is 283 g/mol. The van der Waals surface area contributed by atoms with Crippen molar-refractivity contribution in [2.45, 2.75) is 26.7 Å². The molecule has 0 aliphatic heterocycles. The topological polar surface area (TPSA) is 81.6 Å². The highest BCUT2D eigenvalue weighted by Crippen LogP contribution is 2.31. The number of halogens is 1. The molecule has 0 aromatic heterocycles. The van der Waals surface area contributed by atoms with Crippen LogP contribution in [0.1, 0.15) is 26.7 Å². The van der Waals surface area contributed by atoms with Gasteiger partial charge < -0.3 is 21.1 Å². The summed E-state index contributed by atoms with van der Waals surface area (Å²) >= 11 is 0. The van der Waals surface area contributed by atoms with Gasteiger partial charge in [-0.15, -0.1) is 0 Å². The summed E-state index contributed by atoms with van der Waals surface area (Å²) < 4.78 is 18.9. The average Bonchev–Trinajstić information content (AvgIpc) is 2.37. The van der Waals surface area contributed by atoms with E-state index < -0.39 is 11.7 Å². The third kappa shape index (κ3) is 4.29. The Kier molecular flexibility index (Phi) is 6.09. The highest BCUT2D eigenvalue weighted by atomic mass is 19.1. The van der Waals surface area contributed by atoms with E-state index in [1.165, 1.54) is 12.1 Å². The lowest BCUT2D eigenvalue weighted by atomic mass is 10.2. The normalized spacial score (nSPS) is 10.3. The molecule has 0 bridgehead atoms. The maximum Gasteiger partial charge on any atom is 0.236 e. The van der Waals surface area contributed by atoms with Crippen LogP contribution in [-0.4, -0.2) is 25.6 Å². The first-order valence-corrected chi connectivity index (χ1v) is 6.74. The summed E-state index contributed by atoms with van der Waals surface area (Å²) in [5, 5.41) is 0. The molecule has 0 radical (unpaired) electrons. The fourth-order valence-corrected chi connectivity index (χ4v) is 1.92. The molecule has 5 nitrogen and oxygen atoms in total. The third-order valence-electron chi connectivity index (χ3n) is 2.85. The van der Waals surface area contributed by atoms with Gasteiger partial charge >= 0.3 is 0 Å². The number of amides is 1. The van der Waals surface area contributed by atoms with Crippen molar-refractivity contribution in [2.24, 2.45) is 5.73 Å². The molecule has 0 aliphatic rings. The lowest BCUT2D eigenvalue weighted by Crippen LogP contribution is -2.35. The van der Waals surface area contributed by atoms with Crippen molar-refractivity contribution >= 4 is 17.3 Å². The van der Waals surface area contributed by atoms with E-state index in [0.29, 0.717) is 18.8 Å². The van der Waals surface area contributed by atoms with Gasteiger partial charge in [-0.1, -0.05) is 13.3 Å². The molecule has 0 atom stereocenters. The standard InChI is InChI=1S/C14H22FN3O2/c1-3-5-6-18(9-14(17)19)12-8-13(20-4-2)10(15)7-11(12)16/h7-8H,3-6,9,16H2,1-2H3,(H2,17,19). The van der Waals surface area contributed by atoms with Crippen molar-refractivity contribution in [1.29, 1.82) is 0 Å². The molecule has 0 saturated heterocycles. The number of primary amides is 1. The molecule has 4 N–H and O–H groups in total. The maximum atomic E-state index is 13.7. The predicted octanol–water partition coefficient (Wildman–Crippen LogP) is 1.90. The Morgan fingerprint density at radius 3 is 2.65 bits per heavy atom. The maximum absolute atomic E-state index is 13.7. The fourth-order valence-electron chi connectivity index (χ4n) is 1.92. The van der Waals surface area contributed by atoms with Crippen LogP contribution in [0.4, 0.5) is 15.8 Å². The van der Waals surface area contributed by atoms with E-state index in [0.717, 1.165) is 12.8 Å². The second-order valence-electron chi connectivity index (χ2n) is 4.52.